The molecule has 0 spiro atoms. The average molecular weight is 501 g/mol. The molecule has 4 rings (SSSR count). The van der Waals surface area contributed by atoms with Crippen molar-refractivity contribution >= 4 is 15.7 Å². The highest BCUT2D eigenvalue weighted by Crippen LogP contribution is 2.27. The maximum absolute atomic E-state index is 14.7. The zero-order valence-corrected chi connectivity index (χ0v) is 20.8. The van der Waals surface area contributed by atoms with E-state index in [1.54, 1.807) is 24.3 Å². The fourth-order valence-corrected chi connectivity index (χ4v) is 5.49. The minimum atomic E-state index is -3.03. The Morgan fingerprint density at radius 2 is 1.94 bits per heavy atom. The van der Waals surface area contributed by atoms with Crippen molar-refractivity contribution in [1.82, 2.24) is 30.4 Å². The van der Waals surface area contributed by atoms with Crippen LogP contribution in [0.5, 0.6) is 0 Å². The van der Waals surface area contributed by atoms with Gasteiger partial charge in [-0.25, -0.2) is 17.5 Å². The highest BCUT2D eigenvalue weighted by molar-refractivity contribution is 7.91. The van der Waals surface area contributed by atoms with E-state index in [0.717, 1.165) is 5.56 Å². The Morgan fingerprint density at radius 3 is 2.57 bits per heavy atom. The number of aryl methyl sites for hydroxylation is 1. The average Bonchev–Trinajstić information content (AvgIpc) is 3.33. The first kappa shape index (κ1) is 24.9. The Labute approximate surface area is 204 Å². The Hall–Kier alpha value is -3.18. The minimum Gasteiger partial charge on any atom is -0.348 e. The number of hydrogen-bond acceptors (Lipinski definition) is 7. The first-order chi connectivity index (χ1) is 16.6. The first-order valence-corrected chi connectivity index (χ1v) is 13.4. The van der Waals surface area contributed by atoms with Gasteiger partial charge in [-0.3, -0.25) is 4.79 Å². The van der Waals surface area contributed by atoms with Crippen molar-refractivity contribution in [3.8, 4) is 16.8 Å². The molecule has 1 saturated heterocycles. The van der Waals surface area contributed by atoms with Gasteiger partial charge in [-0.2, -0.15) is 0 Å². The van der Waals surface area contributed by atoms with Crippen molar-refractivity contribution in [1.29, 1.82) is 0 Å². The van der Waals surface area contributed by atoms with E-state index in [1.807, 2.05) is 19.9 Å². The lowest BCUT2D eigenvalue weighted by atomic mass is 10.00. The molecular formula is C24H29FN6O3S. The van der Waals surface area contributed by atoms with Gasteiger partial charge >= 0.3 is 0 Å². The monoisotopic (exact) mass is 500 g/mol. The first-order valence-electron chi connectivity index (χ1n) is 11.5. The second kappa shape index (κ2) is 10.2. The Morgan fingerprint density at radius 1 is 1.20 bits per heavy atom. The summed E-state index contributed by atoms with van der Waals surface area (Å²) in [4.78, 5) is 15.3. The van der Waals surface area contributed by atoms with Crippen molar-refractivity contribution in [2.45, 2.75) is 38.0 Å². The Bertz CT molecular complexity index is 1300. The van der Waals surface area contributed by atoms with Crippen LogP contribution in [-0.4, -0.2) is 76.6 Å². The van der Waals surface area contributed by atoms with Gasteiger partial charge in [0.1, 0.15) is 22.0 Å². The van der Waals surface area contributed by atoms with Crippen LogP contribution < -0.4 is 5.32 Å². The molecule has 0 unspecified atom stereocenters. The number of sulfone groups is 1. The van der Waals surface area contributed by atoms with Gasteiger partial charge in [0.05, 0.1) is 10.9 Å². The van der Waals surface area contributed by atoms with Crippen LogP contribution in [0.25, 0.3) is 16.8 Å². The molecule has 1 fully saturated rings. The second-order valence-corrected chi connectivity index (χ2v) is 11.5. The van der Waals surface area contributed by atoms with Crippen molar-refractivity contribution in [2.24, 2.45) is 0 Å². The summed E-state index contributed by atoms with van der Waals surface area (Å²) in [6.07, 6.45) is 3.89. The number of halogens is 1. The number of rotatable bonds is 7. The third-order valence-electron chi connectivity index (χ3n) is 6.28. The standard InChI is InChI=1S/C24H29FN6O3S/c1-16-4-5-22(23(25)10-16)18-11-19(13-20(12-18)31-15-26-28-29-31)24(32)27-17(2)14-30-8-6-21(7-9-30)35(3,33)34/h4-5,10-13,15,17,21H,6-9,14H2,1-3H3,(H,27,32)/t17-/m1/s1. The number of nitrogens with zero attached hydrogens (tertiary/aromatic N) is 5. The fourth-order valence-electron chi connectivity index (χ4n) is 4.42. The van der Waals surface area contributed by atoms with Crippen molar-refractivity contribution in [3.63, 3.8) is 0 Å². The number of likely N-dealkylation sites (tertiary alicyclic amines) is 1. The largest absolute Gasteiger partial charge is 0.348 e. The Kier molecular flexibility index (Phi) is 7.27. The van der Waals surface area contributed by atoms with E-state index >= 15 is 0 Å². The van der Waals surface area contributed by atoms with Gasteiger partial charge < -0.3 is 10.2 Å². The summed E-state index contributed by atoms with van der Waals surface area (Å²) in [6, 6.07) is 9.83. The third-order valence-corrected chi connectivity index (χ3v) is 7.96. The molecule has 3 aromatic rings. The van der Waals surface area contributed by atoms with Gasteiger partial charge in [0, 0.05) is 30.0 Å². The van der Waals surface area contributed by atoms with E-state index in [2.05, 4.69) is 25.7 Å². The fraction of sp³-hybridized carbons (Fsp3) is 0.417. The molecule has 2 aromatic carbocycles. The topological polar surface area (TPSA) is 110 Å². The highest BCUT2D eigenvalue weighted by atomic mass is 32.2. The molecule has 1 N–H and O–H groups in total. The quantitative estimate of drug-likeness (QED) is 0.530. The number of carbonyl (C=O) groups is 1. The maximum Gasteiger partial charge on any atom is 0.251 e. The molecule has 0 radical (unpaired) electrons. The highest BCUT2D eigenvalue weighted by Gasteiger charge is 2.27. The van der Waals surface area contributed by atoms with Crippen LogP contribution >= 0.6 is 0 Å². The Balaban J connectivity index is 1.51. The van der Waals surface area contributed by atoms with Crippen LogP contribution in [0, 0.1) is 12.7 Å². The van der Waals surface area contributed by atoms with E-state index in [9.17, 15) is 17.6 Å². The molecule has 1 amide bonds. The van der Waals surface area contributed by atoms with Crippen LogP contribution in [0.1, 0.15) is 35.7 Å². The lowest BCUT2D eigenvalue weighted by Gasteiger charge is -2.32. The number of nitrogens with one attached hydrogen (secondary N) is 1. The molecule has 1 aliphatic heterocycles. The molecule has 2 heterocycles. The van der Waals surface area contributed by atoms with Crippen LogP contribution in [0.15, 0.2) is 42.7 Å². The van der Waals surface area contributed by atoms with Crippen molar-refractivity contribution in [2.75, 3.05) is 25.9 Å². The van der Waals surface area contributed by atoms with Gasteiger partial charge in [0.2, 0.25) is 0 Å². The van der Waals surface area contributed by atoms with Gasteiger partial charge in [0.25, 0.3) is 5.91 Å². The molecule has 0 bridgehead atoms. The lowest BCUT2D eigenvalue weighted by molar-refractivity contribution is 0.0926. The number of tetrazole rings is 1. The van der Waals surface area contributed by atoms with E-state index in [0.29, 0.717) is 54.9 Å². The molecule has 0 saturated carbocycles. The molecule has 35 heavy (non-hydrogen) atoms. The number of carbonyl (C=O) groups excluding carboxylic acids is 1. The zero-order valence-electron chi connectivity index (χ0n) is 20.0. The number of benzene rings is 2. The summed E-state index contributed by atoms with van der Waals surface area (Å²) in [6.45, 7) is 5.67. The van der Waals surface area contributed by atoms with E-state index in [1.165, 1.54) is 23.3 Å². The van der Waals surface area contributed by atoms with Crippen molar-refractivity contribution in [3.05, 3.63) is 59.7 Å². The summed E-state index contributed by atoms with van der Waals surface area (Å²) in [7, 11) is -3.03. The van der Waals surface area contributed by atoms with Gasteiger partial charge in [-0.15, -0.1) is 5.10 Å². The molecule has 9 nitrogen and oxygen atoms in total. The second-order valence-electron chi connectivity index (χ2n) is 9.21. The summed E-state index contributed by atoms with van der Waals surface area (Å²) >= 11 is 0. The lowest BCUT2D eigenvalue weighted by Crippen LogP contribution is -2.46. The summed E-state index contributed by atoms with van der Waals surface area (Å²) in [5.41, 5.74) is 2.61. The molecule has 11 heteroatoms. The van der Waals surface area contributed by atoms with Crippen molar-refractivity contribution < 1.29 is 17.6 Å². The summed E-state index contributed by atoms with van der Waals surface area (Å²) in [5, 5.41) is 13.9. The van der Waals surface area contributed by atoms with Crippen LogP contribution in [0.3, 0.4) is 0 Å². The maximum atomic E-state index is 14.7. The number of amides is 1. The van der Waals surface area contributed by atoms with Crippen LogP contribution in [0.2, 0.25) is 0 Å². The normalized spacial score (nSPS) is 16.2. The van der Waals surface area contributed by atoms with Gasteiger partial charge in [0.15, 0.2) is 0 Å². The summed E-state index contributed by atoms with van der Waals surface area (Å²) < 4.78 is 39.7. The molecule has 186 valence electrons. The predicted octanol–water partition coefficient (Wildman–Crippen LogP) is 2.40. The third kappa shape index (κ3) is 6.09. The van der Waals surface area contributed by atoms with Gasteiger partial charge in [-0.05, 0) is 85.6 Å². The molecule has 1 aliphatic rings. The number of aromatic nitrogens is 4. The van der Waals surface area contributed by atoms with E-state index < -0.39 is 9.84 Å². The predicted molar refractivity (Wildman–Crippen MR) is 131 cm³/mol. The number of piperidine rings is 1. The number of hydrogen-bond donors (Lipinski definition) is 1. The molecular weight excluding hydrogens is 471 g/mol. The molecule has 1 atom stereocenters. The smallest absolute Gasteiger partial charge is 0.251 e. The van der Waals surface area contributed by atoms with E-state index in [-0.39, 0.29) is 23.0 Å². The van der Waals surface area contributed by atoms with E-state index in [4.69, 9.17) is 0 Å². The minimum absolute atomic E-state index is 0.173. The molecule has 0 aliphatic carbocycles. The SMILES string of the molecule is Cc1ccc(-c2cc(C(=O)N[C@H](C)CN3CCC(S(C)(=O)=O)CC3)cc(-n3cnnn3)c2)c(F)c1. The van der Waals surface area contributed by atoms with Crippen LogP contribution in [-0.2, 0) is 9.84 Å². The van der Waals surface area contributed by atoms with Gasteiger partial charge in [-0.1, -0.05) is 12.1 Å². The summed E-state index contributed by atoms with van der Waals surface area (Å²) in [5.74, 6) is -0.677. The van der Waals surface area contributed by atoms with Crippen LogP contribution in [0.4, 0.5) is 4.39 Å². The molecule has 1 aromatic heterocycles. The zero-order chi connectivity index (χ0) is 25.2.